The van der Waals surface area contributed by atoms with Gasteiger partial charge in [-0.25, -0.2) is 8.42 Å². The zero-order valence-electron chi connectivity index (χ0n) is 16.4. The first kappa shape index (κ1) is 23.1. The fourth-order valence-electron chi connectivity index (χ4n) is 3.64. The van der Waals surface area contributed by atoms with E-state index in [1.54, 1.807) is 28.6 Å². The molecule has 2 N–H and O–H groups in total. The molecular weight excluding hydrogens is 400 g/mol. The molecule has 0 spiro atoms. The van der Waals surface area contributed by atoms with Crippen LogP contribution in [0.2, 0.25) is 0 Å². The summed E-state index contributed by atoms with van der Waals surface area (Å²) < 4.78 is 27.2. The Kier molecular flexibility index (Phi) is 8.70. The first-order chi connectivity index (χ1) is 13.0. The van der Waals surface area contributed by atoms with Gasteiger partial charge in [-0.05, 0) is 44.0 Å². The van der Waals surface area contributed by atoms with E-state index in [1.807, 2.05) is 0 Å². The second-order valence-corrected chi connectivity index (χ2v) is 9.35. The second kappa shape index (κ2) is 10.5. The summed E-state index contributed by atoms with van der Waals surface area (Å²) in [6.07, 6.45) is 4.00. The molecule has 0 saturated carbocycles. The molecule has 2 saturated heterocycles. The molecule has 28 heavy (non-hydrogen) atoms. The van der Waals surface area contributed by atoms with E-state index in [9.17, 15) is 13.2 Å². The molecule has 7 nitrogen and oxygen atoms in total. The van der Waals surface area contributed by atoms with Crippen LogP contribution >= 0.6 is 12.4 Å². The average molecular weight is 431 g/mol. The number of carbonyl (C=O) groups is 1. The Labute approximate surface area is 174 Å². The smallest absolute Gasteiger partial charge is 0.243 e. The van der Waals surface area contributed by atoms with Crippen LogP contribution in [0.1, 0.15) is 32.6 Å². The van der Waals surface area contributed by atoms with E-state index in [1.165, 1.54) is 0 Å². The molecule has 3 rings (SSSR count). The van der Waals surface area contributed by atoms with E-state index in [0.717, 1.165) is 45.3 Å². The fourth-order valence-corrected chi connectivity index (χ4v) is 5.16. The van der Waals surface area contributed by atoms with Crippen molar-refractivity contribution in [1.82, 2.24) is 14.5 Å². The molecular formula is C19H31ClN4O3S. The molecule has 0 aromatic heterocycles. The molecule has 158 valence electrons. The number of hydrogen-bond acceptors (Lipinski definition) is 5. The van der Waals surface area contributed by atoms with Crippen LogP contribution in [0.3, 0.4) is 0 Å². The van der Waals surface area contributed by atoms with Crippen molar-refractivity contribution in [3.8, 4) is 0 Å². The molecule has 2 fully saturated rings. The molecule has 2 heterocycles. The number of nitrogens with zero attached hydrogens (tertiary/aromatic N) is 2. The zero-order chi connectivity index (χ0) is 19.3. The van der Waals surface area contributed by atoms with Gasteiger partial charge in [0, 0.05) is 44.5 Å². The molecule has 1 amide bonds. The van der Waals surface area contributed by atoms with Gasteiger partial charge in [0.1, 0.15) is 0 Å². The Morgan fingerprint density at radius 1 is 1.11 bits per heavy atom. The predicted octanol–water partition coefficient (Wildman–Crippen LogP) is 1.91. The van der Waals surface area contributed by atoms with Gasteiger partial charge in [0.05, 0.1) is 11.4 Å². The number of piperazine rings is 1. The summed E-state index contributed by atoms with van der Waals surface area (Å²) in [6, 6.07) is 6.84. The second-order valence-electron chi connectivity index (χ2n) is 7.41. The summed E-state index contributed by atoms with van der Waals surface area (Å²) in [5, 5.41) is 6.17. The Bertz CT molecular complexity index is 734. The highest BCUT2D eigenvalue weighted by Gasteiger charge is 2.25. The number of hydrogen-bond donors (Lipinski definition) is 2. The predicted molar refractivity (Wildman–Crippen MR) is 113 cm³/mol. The minimum atomic E-state index is -3.46. The van der Waals surface area contributed by atoms with Crippen LogP contribution in [0.5, 0.6) is 0 Å². The fraction of sp³-hybridized carbons (Fsp3) is 0.632. The molecule has 0 bridgehead atoms. The normalized spacial score (nSPS) is 22.1. The number of amides is 1. The third kappa shape index (κ3) is 5.90. The van der Waals surface area contributed by atoms with Gasteiger partial charge in [0.2, 0.25) is 15.9 Å². The van der Waals surface area contributed by atoms with Gasteiger partial charge in [-0.1, -0.05) is 12.8 Å². The van der Waals surface area contributed by atoms with Gasteiger partial charge >= 0.3 is 0 Å². The third-order valence-corrected chi connectivity index (χ3v) is 7.24. The van der Waals surface area contributed by atoms with Crippen LogP contribution in [-0.2, 0) is 14.8 Å². The van der Waals surface area contributed by atoms with Crippen LogP contribution < -0.4 is 10.6 Å². The van der Waals surface area contributed by atoms with Crippen molar-refractivity contribution in [2.45, 2.75) is 43.5 Å². The van der Waals surface area contributed by atoms with Crippen molar-refractivity contribution >= 4 is 34.0 Å². The molecule has 1 aromatic rings. The number of nitrogens with one attached hydrogen (secondary N) is 2. The summed E-state index contributed by atoms with van der Waals surface area (Å²) in [6.45, 7) is 6.24. The van der Waals surface area contributed by atoms with E-state index in [2.05, 4.69) is 22.5 Å². The number of anilines is 1. The van der Waals surface area contributed by atoms with Gasteiger partial charge in [-0.2, -0.15) is 4.31 Å². The maximum absolute atomic E-state index is 12.8. The van der Waals surface area contributed by atoms with Crippen LogP contribution in [-0.4, -0.2) is 68.8 Å². The van der Waals surface area contributed by atoms with Gasteiger partial charge in [-0.15, -0.1) is 12.4 Å². The zero-order valence-corrected chi connectivity index (χ0v) is 18.0. The van der Waals surface area contributed by atoms with E-state index in [-0.39, 0.29) is 23.2 Å². The first-order valence-electron chi connectivity index (χ1n) is 9.81. The number of halogens is 1. The molecule has 1 atom stereocenters. The Morgan fingerprint density at radius 2 is 1.75 bits per heavy atom. The highest BCUT2D eigenvalue weighted by Crippen LogP contribution is 2.21. The highest BCUT2D eigenvalue weighted by atomic mass is 35.5. The van der Waals surface area contributed by atoms with Crippen LogP contribution in [0.4, 0.5) is 5.69 Å². The van der Waals surface area contributed by atoms with Crippen molar-refractivity contribution in [3.05, 3.63) is 24.3 Å². The maximum Gasteiger partial charge on any atom is 0.243 e. The molecule has 2 aliphatic rings. The molecule has 0 radical (unpaired) electrons. The number of rotatable bonds is 5. The maximum atomic E-state index is 12.8. The number of carbonyl (C=O) groups excluding carboxylic acids is 1. The molecule has 1 aromatic carbocycles. The quantitative estimate of drug-likeness (QED) is 0.745. The summed E-state index contributed by atoms with van der Waals surface area (Å²) in [7, 11) is -3.46. The van der Waals surface area contributed by atoms with Gasteiger partial charge in [-0.3, -0.25) is 9.69 Å². The van der Waals surface area contributed by atoms with Crippen molar-refractivity contribution in [3.63, 3.8) is 0 Å². The summed E-state index contributed by atoms with van der Waals surface area (Å²) >= 11 is 0. The van der Waals surface area contributed by atoms with Crippen LogP contribution in [0, 0.1) is 0 Å². The van der Waals surface area contributed by atoms with Crippen molar-refractivity contribution in [1.29, 1.82) is 0 Å². The number of benzene rings is 1. The van der Waals surface area contributed by atoms with E-state index >= 15 is 0 Å². The lowest BCUT2D eigenvalue weighted by molar-refractivity contribution is -0.118. The Hall–Kier alpha value is -1.19. The molecule has 0 aliphatic carbocycles. The molecule has 2 aliphatic heterocycles. The Balaban J connectivity index is 0.00000280. The van der Waals surface area contributed by atoms with Gasteiger partial charge in [0.25, 0.3) is 0 Å². The third-order valence-electron chi connectivity index (χ3n) is 5.33. The van der Waals surface area contributed by atoms with Crippen molar-refractivity contribution in [2.75, 3.05) is 44.6 Å². The summed E-state index contributed by atoms with van der Waals surface area (Å²) in [5.74, 6) is -0.0770. The van der Waals surface area contributed by atoms with E-state index in [0.29, 0.717) is 31.4 Å². The van der Waals surface area contributed by atoms with Crippen LogP contribution in [0.15, 0.2) is 29.2 Å². The minimum Gasteiger partial charge on any atom is -0.325 e. The average Bonchev–Trinajstić information content (AvgIpc) is 2.94. The summed E-state index contributed by atoms with van der Waals surface area (Å²) in [4.78, 5) is 14.7. The Morgan fingerprint density at radius 3 is 2.36 bits per heavy atom. The summed E-state index contributed by atoms with van der Waals surface area (Å²) in [5.41, 5.74) is 0.623. The molecule has 9 heteroatoms. The SMILES string of the molecule is C[C@@H]1CNCCN1CC(=O)Nc1ccc(S(=O)(=O)N2CCCCCC2)cc1.Cl. The minimum absolute atomic E-state index is 0. The molecule has 0 unspecified atom stereocenters. The van der Waals surface area contributed by atoms with E-state index < -0.39 is 10.0 Å². The van der Waals surface area contributed by atoms with Gasteiger partial charge < -0.3 is 10.6 Å². The lowest BCUT2D eigenvalue weighted by Crippen LogP contribution is -2.51. The first-order valence-corrected chi connectivity index (χ1v) is 11.3. The highest BCUT2D eigenvalue weighted by molar-refractivity contribution is 7.89. The van der Waals surface area contributed by atoms with Crippen molar-refractivity contribution < 1.29 is 13.2 Å². The lowest BCUT2D eigenvalue weighted by atomic mass is 10.2. The van der Waals surface area contributed by atoms with Crippen molar-refractivity contribution in [2.24, 2.45) is 0 Å². The van der Waals surface area contributed by atoms with Crippen LogP contribution in [0.25, 0.3) is 0 Å². The number of sulfonamides is 1. The van der Waals surface area contributed by atoms with E-state index in [4.69, 9.17) is 0 Å². The standard InChI is InChI=1S/C19H30N4O3S.ClH/c1-16-14-20-10-13-22(16)15-19(24)21-17-6-8-18(9-7-17)27(25,26)23-11-4-2-3-5-12-23;/h6-9,16,20H,2-5,10-15H2,1H3,(H,21,24);1H/t16-;/m1./s1. The van der Waals surface area contributed by atoms with Gasteiger partial charge in [0.15, 0.2) is 0 Å². The largest absolute Gasteiger partial charge is 0.325 e. The lowest BCUT2D eigenvalue weighted by Gasteiger charge is -2.33. The topological polar surface area (TPSA) is 81.8 Å². The monoisotopic (exact) mass is 430 g/mol.